The van der Waals surface area contributed by atoms with Gasteiger partial charge in [0.2, 0.25) is 0 Å². The summed E-state index contributed by atoms with van der Waals surface area (Å²) < 4.78 is 13.2. The smallest absolute Gasteiger partial charge is 0.295 e. The van der Waals surface area contributed by atoms with E-state index in [9.17, 15) is 19.3 Å². The summed E-state index contributed by atoms with van der Waals surface area (Å²) in [6, 6.07) is 6.39. The molecule has 0 aliphatic rings. The molecule has 1 heterocycles. The summed E-state index contributed by atoms with van der Waals surface area (Å²) in [4.78, 5) is 24.8. The first-order valence-corrected chi connectivity index (χ1v) is 4.98. The second-order valence-electron chi connectivity index (χ2n) is 3.48. The lowest BCUT2D eigenvalue weighted by atomic mass is 10.1. The van der Waals surface area contributed by atoms with Gasteiger partial charge in [-0.2, -0.15) is 0 Å². The van der Waals surface area contributed by atoms with Crippen molar-refractivity contribution < 1.29 is 14.1 Å². The number of halogens is 1. The van der Waals surface area contributed by atoms with Crippen LogP contribution in [0.3, 0.4) is 0 Å². The number of hydrogen-bond acceptors (Lipinski definition) is 4. The molecule has 0 saturated carbocycles. The minimum Gasteiger partial charge on any atom is -0.298 e. The molecule has 0 atom stereocenters. The molecule has 0 aliphatic carbocycles. The molecule has 0 N–H and O–H groups in total. The van der Waals surface area contributed by atoms with Gasteiger partial charge in [-0.1, -0.05) is 0 Å². The third-order valence-corrected chi connectivity index (χ3v) is 2.38. The van der Waals surface area contributed by atoms with Gasteiger partial charge in [0.15, 0.2) is 6.29 Å². The Morgan fingerprint density at radius 2 is 2.11 bits per heavy atom. The molecule has 0 saturated heterocycles. The average molecular weight is 246 g/mol. The number of benzene rings is 1. The Hall–Kier alpha value is -2.63. The lowest BCUT2D eigenvalue weighted by Crippen LogP contribution is -1.95. The molecule has 18 heavy (non-hydrogen) atoms. The quantitative estimate of drug-likeness (QED) is 0.474. The zero-order valence-corrected chi connectivity index (χ0v) is 9.04. The molecule has 1 aromatic carbocycles. The minimum absolute atomic E-state index is 0.102. The Morgan fingerprint density at radius 3 is 2.78 bits per heavy atom. The van der Waals surface area contributed by atoms with E-state index in [-0.39, 0.29) is 16.9 Å². The van der Waals surface area contributed by atoms with Crippen LogP contribution in [-0.4, -0.2) is 16.2 Å². The van der Waals surface area contributed by atoms with E-state index in [4.69, 9.17) is 0 Å². The van der Waals surface area contributed by atoms with Gasteiger partial charge in [0.25, 0.3) is 5.69 Å². The van der Waals surface area contributed by atoms with E-state index in [1.807, 2.05) is 0 Å². The molecule has 2 rings (SSSR count). The van der Waals surface area contributed by atoms with Crippen LogP contribution < -0.4 is 0 Å². The van der Waals surface area contributed by atoms with E-state index >= 15 is 0 Å². The Labute approximate surface area is 101 Å². The highest BCUT2D eigenvalue weighted by Gasteiger charge is 2.16. The van der Waals surface area contributed by atoms with Gasteiger partial charge in [0, 0.05) is 17.8 Å². The first-order valence-electron chi connectivity index (χ1n) is 4.98. The van der Waals surface area contributed by atoms with E-state index in [2.05, 4.69) is 4.98 Å². The van der Waals surface area contributed by atoms with Gasteiger partial charge < -0.3 is 0 Å². The van der Waals surface area contributed by atoms with Gasteiger partial charge in [-0.15, -0.1) is 0 Å². The van der Waals surface area contributed by atoms with Crippen molar-refractivity contribution in [3.05, 3.63) is 58.0 Å². The number of rotatable bonds is 3. The largest absolute Gasteiger partial charge is 0.298 e. The fraction of sp³-hybridized carbons (Fsp3) is 0. The second-order valence-corrected chi connectivity index (χ2v) is 3.48. The molecule has 2 aromatic rings. The Bertz CT molecular complexity index is 628. The van der Waals surface area contributed by atoms with Gasteiger partial charge in [-0.3, -0.25) is 14.9 Å². The molecule has 5 nitrogen and oxygen atoms in total. The first-order chi connectivity index (χ1) is 8.63. The van der Waals surface area contributed by atoms with Crippen molar-refractivity contribution in [1.82, 2.24) is 4.98 Å². The fourth-order valence-corrected chi connectivity index (χ4v) is 1.55. The van der Waals surface area contributed by atoms with E-state index in [1.165, 1.54) is 30.5 Å². The Kier molecular flexibility index (Phi) is 3.09. The lowest BCUT2D eigenvalue weighted by Gasteiger charge is -2.03. The Morgan fingerprint density at radius 1 is 1.33 bits per heavy atom. The zero-order chi connectivity index (χ0) is 13.1. The zero-order valence-electron chi connectivity index (χ0n) is 9.04. The molecule has 0 radical (unpaired) electrons. The van der Waals surface area contributed by atoms with E-state index in [0.29, 0.717) is 11.8 Å². The summed E-state index contributed by atoms with van der Waals surface area (Å²) >= 11 is 0. The van der Waals surface area contributed by atoms with Crippen molar-refractivity contribution in [1.29, 1.82) is 0 Å². The van der Waals surface area contributed by atoms with Crippen molar-refractivity contribution in [3.8, 4) is 11.3 Å². The van der Waals surface area contributed by atoms with Crippen molar-refractivity contribution in [2.45, 2.75) is 0 Å². The number of aromatic nitrogens is 1. The molecule has 0 amide bonds. The van der Waals surface area contributed by atoms with Crippen LogP contribution in [0.1, 0.15) is 10.4 Å². The maximum atomic E-state index is 13.2. The molecular weight excluding hydrogens is 239 g/mol. The third kappa shape index (κ3) is 2.08. The van der Waals surface area contributed by atoms with Gasteiger partial charge in [0.05, 0.1) is 10.5 Å². The molecular formula is C12H7FN2O3. The predicted octanol–water partition coefficient (Wildman–Crippen LogP) is 2.61. The summed E-state index contributed by atoms with van der Waals surface area (Å²) in [6.07, 6.45) is 1.75. The molecule has 0 aliphatic heterocycles. The van der Waals surface area contributed by atoms with Crippen molar-refractivity contribution in [3.63, 3.8) is 0 Å². The van der Waals surface area contributed by atoms with E-state index < -0.39 is 10.7 Å². The maximum Gasteiger partial charge on any atom is 0.295 e. The average Bonchev–Trinajstić information content (AvgIpc) is 2.39. The summed E-state index contributed by atoms with van der Waals surface area (Å²) in [5.74, 6) is -0.674. The summed E-state index contributed by atoms with van der Waals surface area (Å²) in [5.41, 5.74) is 0.0739. The minimum atomic E-state index is -0.674. The monoisotopic (exact) mass is 246 g/mol. The topological polar surface area (TPSA) is 73.1 Å². The number of carbonyl (C=O) groups excluding carboxylic acids is 1. The van der Waals surface area contributed by atoms with Crippen LogP contribution in [-0.2, 0) is 0 Å². The maximum absolute atomic E-state index is 13.2. The van der Waals surface area contributed by atoms with E-state index in [1.54, 1.807) is 0 Å². The highest BCUT2D eigenvalue weighted by molar-refractivity contribution is 5.80. The van der Waals surface area contributed by atoms with Crippen LogP contribution in [0.15, 0.2) is 36.5 Å². The van der Waals surface area contributed by atoms with Crippen molar-refractivity contribution in [2.24, 2.45) is 0 Å². The molecule has 0 fully saturated rings. The molecule has 90 valence electrons. The molecule has 0 bridgehead atoms. The van der Waals surface area contributed by atoms with Gasteiger partial charge in [-0.05, 0) is 24.3 Å². The van der Waals surface area contributed by atoms with Gasteiger partial charge in [0.1, 0.15) is 11.5 Å². The second kappa shape index (κ2) is 4.70. The highest BCUT2D eigenvalue weighted by atomic mass is 19.1. The molecule has 6 heteroatoms. The van der Waals surface area contributed by atoms with Crippen molar-refractivity contribution in [2.75, 3.05) is 0 Å². The number of carbonyl (C=O) groups is 1. The highest BCUT2D eigenvalue weighted by Crippen LogP contribution is 2.27. The predicted molar refractivity (Wildman–Crippen MR) is 61.7 cm³/mol. The van der Waals surface area contributed by atoms with Crippen LogP contribution in [0.4, 0.5) is 10.1 Å². The third-order valence-electron chi connectivity index (χ3n) is 2.38. The van der Waals surface area contributed by atoms with Gasteiger partial charge in [-0.25, -0.2) is 9.37 Å². The number of pyridine rings is 1. The van der Waals surface area contributed by atoms with Crippen LogP contribution >= 0.6 is 0 Å². The summed E-state index contributed by atoms with van der Waals surface area (Å²) in [5, 5.41) is 10.8. The van der Waals surface area contributed by atoms with Crippen LogP contribution in [0, 0.1) is 15.9 Å². The van der Waals surface area contributed by atoms with Crippen LogP contribution in [0.2, 0.25) is 0 Å². The SMILES string of the molecule is O=Cc1cc(-c2ncccc2[N+](=O)[O-])ccc1F. The summed E-state index contributed by atoms with van der Waals surface area (Å²) in [6.45, 7) is 0. The first kappa shape index (κ1) is 11.8. The molecule has 0 spiro atoms. The van der Waals surface area contributed by atoms with Crippen LogP contribution in [0.25, 0.3) is 11.3 Å². The number of aldehydes is 1. The fourth-order valence-electron chi connectivity index (χ4n) is 1.55. The number of hydrogen-bond donors (Lipinski definition) is 0. The standard InChI is InChI=1S/C12H7FN2O3/c13-10-4-3-8(6-9(10)7-16)12-11(15(17)18)2-1-5-14-12/h1-7H. The van der Waals surface area contributed by atoms with E-state index in [0.717, 1.165) is 6.07 Å². The molecule has 1 aromatic heterocycles. The van der Waals surface area contributed by atoms with Crippen LogP contribution in [0.5, 0.6) is 0 Å². The number of nitro groups is 1. The summed E-state index contributed by atoms with van der Waals surface area (Å²) in [7, 11) is 0. The Balaban J connectivity index is 2.62. The van der Waals surface area contributed by atoms with Gasteiger partial charge >= 0.3 is 0 Å². The molecule has 0 unspecified atom stereocenters. The van der Waals surface area contributed by atoms with Crippen molar-refractivity contribution >= 4 is 12.0 Å². The normalized spacial score (nSPS) is 10.1. The lowest BCUT2D eigenvalue weighted by molar-refractivity contribution is -0.384. The number of nitrogens with zero attached hydrogens (tertiary/aromatic N) is 2.